The van der Waals surface area contributed by atoms with Crippen molar-refractivity contribution < 1.29 is 4.74 Å². The van der Waals surface area contributed by atoms with Crippen LogP contribution in [-0.4, -0.2) is 25.8 Å². The molecule has 1 rings (SSSR count). The summed E-state index contributed by atoms with van der Waals surface area (Å²) in [6, 6.07) is 0.513. The Morgan fingerprint density at radius 3 is 2.53 bits per heavy atom. The SMILES string of the molecule is CCC(C)C(COC1CCCCC1CC)NC. The predicted molar refractivity (Wildman–Crippen MR) is 74.3 cm³/mol. The molecule has 0 heterocycles. The first kappa shape index (κ1) is 15.0. The van der Waals surface area contributed by atoms with E-state index in [0.717, 1.165) is 12.5 Å². The summed E-state index contributed by atoms with van der Waals surface area (Å²) in [7, 11) is 2.05. The highest BCUT2D eigenvalue weighted by atomic mass is 16.5. The number of nitrogens with one attached hydrogen (secondary N) is 1. The van der Waals surface area contributed by atoms with E-state index in [9.17, 15) is 0 Å². The smallest absolute Gasteiger partial charge is 0.0626 e. The Morgan fingerprint density at radius 2 is 1.94 bits per heavy atom. The van der Waals surface area contributed by atoms with Crippen molar-refractivity contribution in [2.75, 3.05) is 13.7 Å². The Balaban J connectivity index is 2.36. The van der Waals surface area contributed by atoms with Crippen LogP contribution in [0.3, 0.4) is 0 Å². The van der Waals surface area contributed by atoms with Crippen molar-refractivity contribution in [2.24, 2.45) is 11.8 Å². The average Bonchev–Trinajstić information content (AvgIpc) is 2.39. The summed E-state index contributed by atoms with van der Waals surface area (Å²) in [4.78, 5) is 0. The predicted octanol–water partition coefficient (Wildman–Crippen LogP) is 3.61. The minimum atomic E-state index is 0.513. The lowest BCUT2D eigenvalue weighted by molar-refractivity contribution is -0.0263. The number of hydrogen-bond donors (Lipinski definition) is 1. The third-order valence-electron chi connectivity index (χ3n) is 4.56. The third-order valence-corrected chi connectivity index (χ3v) is 4.56. The van der Waals surface area contributed by atoms with Gasteiger partial charge < -0.3 is 10.1 Å². The highest BCUT2D eigenvalue weighted by molar-refractivity contribution is 4.77. The lowest BCUT2D eigenvalue weighted by Crippen LogP contribution is -2.39. The largest absolute Gasteiger partial charge is 0.376 e. The molecule has 2 nitrogen and oxygen atoms in total. The van der Waals surface area contributed by atoms with Gasteiger partial charge in [0.1, 0.15) is 0 Å². The fraction of sp³-hybridized carbons (Fsp3) is 1.00. The molecule has 102 valence electrons. The van der Waals surface area contributed by atoms with Gasteiger partial charge in [-0.15, -0.1) is 0 Å². The second-order valence-corrected chi connectivity index (χ2v) is 5.61. The second-order valence-electron chi connectivity index (χ2n) is 5.61. The highest BCUT2D eigenvalue weighted by Crippen LogP contribution is 2.29. The zero-order valence-corrected chi connectivity index (χ0v) is 12.2. The monoisotopic (exact) mass is 241 g/mol. The van der Waals surface area contributed by atoms with Crippen LogP contribution in [0.4, 0.5) is 0 Å². The van der Waals surface area contributed by atoms with Crippen molar-refractivity contribution in [2.45, 2.75) is 71.4 Å². The van der Waals surface area contributed by atoms with Crippen LogP contribution in [-0.2, 0) is 4.74 Å². The van der Waals surface area contributed by atoms with Crippen LogP contribution >= 0.6 is 0 Å². The second kappa shape index (κ2) is 8.10. The first-order valence-corrected chi connectivity index (χ1v) is 7.51. The molecule has 0 aromatic heterocycles. The summed E-state index contributed by atoms with van der Waals surface area (Å²) in [6.07, 6.45) is 8.42. The van der Waals surface area contributed by atoms with Gasteiger partial charge in [-0.3, -0.25) is 0 Å². The molecule has 1 saturated carbocycles. The van der Waals surface area contributed by atoms with E-state index < -0.39 is 0 Å². The maximum atomic E-state index is 6.20. The fourth-order valence-corrected chi connectivity index (χ4v) is 2.90. The normalized spacial score (nSPS) is 28.9. The molecule has 1 N–H and O–H groups in total. The Bertz CT molecular complexity index is 195. The molecule has 0 bridgehead atoms. The lowest BCUT2D eigenvalue weighted by atomic mass is 9.84. The summed E-state index contributed by atoms with van der Waals surface area (Å²) in [6.45, 7) is 7.75. The summed E-state index contributed by atoms with van der Waals surface area (Å²) in [5.74, 6) is 1.50. The first-order chi connectivity index (χ1) is 8.22. The van der Waals surface area contributed by atoms with Crippen molar-refractivity contribution in [3.05, 3.63) is 0 Å². The first-order valence-electron chi connectivity index (χ1n) is 7.51. The lowest BCUT2D eigenvalue weighted by Gasteiger charge is -2.33. The van der Waals surface area contributed by atoms with Crippen LogP contribution in [0.2, 0.25) is 0 Å². The van der Waals surface area contributed by atoms with Gasteiger partial charge in [0.2, 0.25) is 0 Å². The van der Waals surface area contributed by atoms with Gasteiger partial charge in [0.15, 0.2) is 0 Å². The number of likely N-dealkylation sites (N-methyl/N-ethyl adjacent to an activating group) is 1. The van der Waals surface area contributed by atoms with E-state index in [1.807, 2.05) is 0 Å². The molecule has 17 heavy (non-hydrogen) atoms. The van der Waals surface area contributed by atoms with Gasteiger partial charge in [-0.1, -0.05) is 46.5 Å². The van der Waals surface area contributed by atoms with Crippen molar-refractivity contribution in [1.82, 2.24) is 5.32 Å². The van der Waals surface area contributed by atoms with Gasteiger partial charge >= 0.3 is 0 Å². The zero-order valence-electron chi connectivity index (χ0n) is 12.2. The molecule has 0 radical (unpaired) electrons. The molecule has 4 atom stereocenters. The molecule has 1 aliphatic carbocycles. The molecule has 1 fully saturated rings. The van der Waals surface area contributed by atoms with E-state index >= 15 is 0 Å². The van der Waals surface area contributed by atoms with Crippen LogP contribution in [0.5, 0.6) is 0 Å². The van der Waals surface area contributed by atoms with E-state index in [2.05, 4.69) is 33.1 Å². The Hall–Kier alpha value is -0.0800. The Kier molecular flexibility index (Phi) is 7.14. The van der Waals surface area contributed by atoms with Crippen molar-refractivity contribution in [3.63, 3.8) is 0 Å². The number of ether oxygens (including phenoxy) is 1. The molecule has 2 heteroatoms. The topological polar surface area (TPSA) is 21.3 Å². The van der Waals surface area contributed by atoms with Gasteiger partial charge in [0.05, 0.1) is 12.7 Å². The van der Waals surface area contributed by atoms with Crippen LogP contribution in [0.25, 0.3) is 0 Å². The van der Waals surface area contributed by atoms with Crippen LogP contribution in [0, 0.1) is 11.8 Å². The Labute approximate surface area is 108 Å². The van der Waals surface area contributed by atoms with Crippen LogP contribution < -0.4 is 5.32 Å². The molecule has 4 unspecified atom stereocenters. The minimum Gasteiger partial charge on any atom is -0.376 e. The van der Waals surface area contributed by atoms with Gasteiger partial charge in [0, 0.05) is 6.04 Å². The quantitative estimate of drug-likeness (QED) is 0.735. The van der Waals surface area contributed by atoms with Gasteiger partial charge in [-0.25, -0.2) is 0 Å². The summed E-state index contributed by atoms with van der Waals surface area (Å²) in [5, 5.41) is 3.40. The van der Waals surface area contributed by atoms with E-state index in [1.165, 1.54) is 38.5 Å². The van der Waals surface area contributed by atoms with Crippen LogP contribution in [0.15, 0.2) is 0 Å². The standard InChI is InChI=1S/C15H31NO/c1-5-12(3)14(16-4)11-17-15-10-8-7-9-13(15)6-2/h12-16H,5-11H2,1-4H3. The number of rotatable bonds is 7. The molecule has 0 spiro atoms. The van der Waals surface area contributed by atoms with Crippen molar-refractivity contribution in [3.8, 4) is 0 Å². The van der Waals surface area contributed by atoms with Gasteiger partial charge in [-0.05, 0) is 31.7 Å². The maximum Gasteiger partial charge on any atom is 0.0626 e. The molecule has 0 aliphatic heterocycles. The van der Waals surface area contributed by atoms with E-state index in [1.54, 1.807) is 0 Å². The molecule has 0 amide bonds. The van der Waals surface area contributed by atoms with E-state index in [4.69, 9.17) is 4.74 Å². The van der Waals surface area contributed by atoms with Crippen molar-refractivity contribution in [1.29, 1.82) is 0 Å². The summed E-state index contributed by atoms with van der Waals surface area (Å²) < 4.78 is 6.20. The summed E-state index contributed by atoms with van der Waals surface area (Å²) >= 11 is 0. The summed E-state index contributed by atoms with van der Waals surface area (Å²) in [5.41, 5.74) is 0. The zero-order chi connectivity index (χ0) is 12.7. The maximum absolute atomic E-state index is 6.20. The fourth-order valence-electron chi connectivity index (χ4n) is 2.90. The van der Waals surface area contributed by atoms with Crippen LogP contribution in [0.1, 0.15) is 59.3 Å². The van der Waals surface area contributed by atoms with E-state index in [-0.39, 0.29) is 0 Å². The van der Waals surface area contributed by atoms with Crippen molar-refractivity contribution >= 4 is 0 Å². The average molecular weight is 241 g/mol. The third kappa shape index (κ3) is 4.59. The van der Waals surface area contributed by atoms with E-state index in [0.29, 0.717) is 18.1 Å². The molecule has 0 aromatic carbocycles. The highest BCUT2D eigenvalue weighted by Gasteiger charge is 2.25. The Morgan fingerprint density at radius 1 is 1.24 bits per heavy atom. The molecule has 0 saturated heterocycles. The molecular formula is C15H31NO. The minimum absolute atomic E-state index is 0.513. The van der Waals surface area contributed by atoms with Gasteiger partial charge in [0.25, 0.3) is 0 Å². The molecule has 1 aliphatic rings. The van der Waals surface area contributed by atoms with Gasteiger partial charge in [-0.2, -0.15) is 0 Å². The molecular weight excluding hydrogens is 210 g/mol. The molecule has 0 aromatic rings. The number of hydrogen-bond acceptors (Lipinski definition) is 2.